The molecule has 0 unspecified atom stereocenters. The number of amides is 1. The molecule has 3 rings (SSSR count). The van der Waals surface area contributed by atoms with Crippen molar-refractivity contribution in [1.29, 1.82) is 5.26 Å². The van der Waals surface area contributed by atoms with Crippen LogP contribution in [0.1, 0.15) is 5.56 Å². The standard InChI is InChI=1S/C22H14ClN3O6S/c23-20-10-9-17(26(28)29)13-21(20)25-22(27)16(14-24)11-15-5-4-6-18(12-15)32-33(30,31)19-7-2-1-3-8-19/h1-13H,(H,25,27)/b16-11+. The first kappa shape index (κ1) is 23.5. The number of halogens is 1. The molecule has 9 nitrogen and oxygen atoms in total. The molecule has 0 aliphatic carbocycles. The van der Waals surface area contributed by atoms with Crippen LogP contribution in [0, 0.1) is 21.4 Å². The van der Waals surface area contributed by atoms with Gasteiger partial charge in [0.15, 0.2) is 0 Å². The average Bonchev–Trinajstić information content (AvgIpc) is 2.79. The number of nitro benzene ring substituents is 1. The lowest BCUT2D eigenvalue weighted by molar-refractivity contribution is -0.384. The van der Waals surface area contributed by atoms with Gasteiger partial charge in [-0.1, -0.05) is 41.9 Å². The van der Waals surface area contributed by atoms with Crippen molar-refractivity contribution in [3.05, 3.63) is 99.1 Å². The number of benzene rings is 3. The number of nitriles is 1. The first-order valence-corrected chi connectivity index (χ1v) is 10.9. The number of nitrogens with one attached hydrogen (secondary N) is 1. The summed E-state index contributed by atoms with van der Waals surface area (Å²) >= 11 is 5.97. The second-order valence-electron chi connectivity index (χ2n) is 6.47. The van der Waals surface area contributed by atoms with Crippen molar-refractivity contribution in [2.45, 2.75) is 4.90 Å². The number of non-ortho nitro benzene ring substituents is 1. The molecule has 0 heterocycles. The topological polar surface area (TPSA) is 139 Å². The minimum atomic E-state index is -4.07. The summed E-state index contributed by atoms with van der Waals surface area (Å²) in [6, 6.07) is 18.5. The number of nitro groups is 1. The third-order valence-corrected chi connectivity index (χ3v) is 5.77. The van der Waals surface area contributed by atoms with Crippen LogP contribution in [0.4, 0.5) is 11.4 Å². The fourth-order valence-corrected chi connectivity index (χ4v) is 3.75. The van der Waals surface area contributed by atoms with Gasteiger partial charge in [-0.2, -0.15) is 13.7 Å². The number of nitrogens with zero attached hydrogens (tertiary/aromatic N) is 2. The number of carbonyl (C=O) groups excluding carboxylic acids is 1. The maximum absolute atomic E-state index is 12.5. The lowest BCUT2D eigenvalue weighted by atomic mass is 10.1. The van der Waals surface area contributed by atoms with Gasteiger partial charge in [0.25, 0.3) is 11.6 Å². The van der Waals surface area contributed by atoms with Gasteiger partial charge in [0, 0.05) is 12.1 Å². The van der Waals surface area contributed by atoms with E-state index >= 15 is 0 Å². The molecule has 1 N–H and O–H groups in total. The SMILES string of the molecule is N#C/C(=C\c1cccc(OS(=O)(=O)c2ccccc2)c1)C(=O)Nc1cc([N+](=O)[O-])ccc1Cl. The fourth-order valence-electron chi connectivity index (χ4n) is 2.65. The Hall–Kier alpha value is -4.20. The smallest absolute Gasteiger partial charge is 0.339 e. The van der Waals surface area contributed by atoms with Crippen LogP contribution in [0.15, 0.2) is 83.3 Å². The molecule has 0 atom stereocenters. The predicted molar refractivity (Wildman–Crippen MR) is 121 cm³/mol. The van der Waals surface area contributed by atoms with Gasteiger partial charge in [0.2, 0.25) is 0 Å². The van der Waals surface area contributed by atoms with E-state index in [0.29, 0.717) is 5.56 Å². The van der Waals surface area contributed by atoms with Gasteiger partial charge in [-0.3, -0.25) is 14.9 Å². The van der Waals surface area contributed by atoms with Crippen molar-refractivity contribution in [3.8, 4) is 11.8 Å². The van der Waals surface area contributed by atoms with E-state index in [-0.39, 0.29) is 32.6 Å². The third kappa shape index (κ3) is 5.94. The fraction of sp³-hybridized carbons (Fsp3) is 0. The van der Waals surface area contributed by atoms with Crippen LogP contribution in [0.25, 0.3) is 6.08 Å². The first-order chi connectivity index (χ1) is 15.7. The van der Waals surface area contributed by atoms with E-state index in [1.807, 2.05) is 0 Å². The third-order valence-electron chi connectivity index (χ3n) is 4.18. The summed E-state index contributed by atoms with van der Waals surface area (Å²) in [6.07, 6.45) is 1.21. The minimum absolute atomic E-state index is 0.0213. The summed E-state index contributed by atoms with van der Waals surface area (Å²) in [5.41, 5.74) is -0.363. The van der Waals surface area contributed by atoms with Crippen LogP contribution in [0.5, 0.6) is 5.75 Å². The number of rotatable bonds is 7. The van der Waals surface area contributed by atoms with Gasteiger partial charge < -0.3 is 9.50 Å². The van der Waals surface area contributed by atoms with Crippen LogP contribution in [0.3, 0.4) is 0 Å². The van der Waals surface area contributed by atoms with Gasteiger partial charge in [-0.05, 0) is 42.0 Å². The molecule has 0 radical (unpaired) electrons. The second kappa shape index (κ2) is 9.95. The van der Waals surface area contributed by atoms with E-state index in [4.69, 9.17) is 15.8 Å². The lowest BCUT2D eigenvalue weighted by Gasteiger charge is -2.08. The Labute approximate surface area is 193 Å². The molecule has 0 aliphatic heterocycles. The van der Waals surface area contributed by atoms with Gasteiger partial charge in [0.05, 0.1) is 15.6 Å². The molecule has 0 aromatic heterocycles. The number of hydrogen-bond donors (Lipinski definition) is 1. The predicted octanol–water partition coefficient (Wildman–Crippen LogP) is 4.56. The van der Waals surface area contributed by atoms with Gasteiger partial charge in [-0.25, -0.2) is 0 Å². The van der Waals surface area contributed by atoms with Crippen LogP contribution >= 0.6 is 11.6 Å². The van der Waals surface area contributed by atoms with Crippen molar-refractivity contribution in [1.82, 2.24) is 0 Å². The Kier molecular flexibility index (Phi) is 7.07. The number of anilines is 1. The Morgan fingerprint density at radius 1 is 1.09 bits per heavy atom. The van der Waals surface area contributed by atoms with E-state index < -0.39 is 20.9 Å². The molecule has 0 bridgehead atoms. The van der Waals surface area contributed by atoms with Gasteiger partial charge >= 0.3 is 10.1 Å². The van der Waals surface area contributed by atoms with Gasteiger partial charge in [-0.15, -0.1) is 0 Å². The highest BCUT2D eigenvalue weighted by Crippen LogP contribution is 2.27. The molecule has 166 valence electrons. The van der Waals surface area contributed by atoms with E-state index in [0.717, 1.165) is 6.07 Å². The first-order valence-electron chi connectivity index (χ1n) is 9.16. The maximum atomic E-state index is 12.5. The Morgan fingerprint density at radius 2 is 1.82 bits per heavy atom. The van der Waals surface area contributed by atoms with E-state index in [1.54, 1.807) is 24.3 Å². The van der Waals surface area contributed by atoms with Crippen molar-refractivity contribution >= 4 is 45.1 Å². The van der Waals surface area contributed by atoms with Crippen LogP contribution < -0.4 is 9.50 Å². The summed E-state index contributed by atoms with van der Waals surface area (Å²) in [7, 11) is -4.07. The zero-order valence-corrected chi connectivity index (χ0v) is 18.2. The normalized spacial score (nSPS) is 11.3. The Morgan fingerprint density at radius 3 is 2.48 bits per heavy atom. The van der Waals surface area contributed by atoms with Crippen LogP contribution in [-0.4, -0.2) is 19.2 Å². The van der Waals surface area contributed by atoms with Gasteiger partial charge in [0.1, 0.15) is 22.3 Å². The van der Waals surface area contributed by atoms with Crippen molar-refractivity contribution < 1.29 is 22.3 Å². The van der Waals surface area contributed by atoms with E-state index in [2.05, 4.69) is 5.32 Å². The zero-order chi connectivity index (χ0) is 24.0. The molecule has 0 saturated carbocycles. The minimum Gasteiger partial charge on any atom is -0.379 e. The molecule has 3 aromatic rings. The van der Waals surface area contributed by atoms with E-state index in [1.165, 1.54) is 54.6 Å². The highest BCUT2D eigenvalue weighted by molar-refractivity contribution is 7.87. The van der Waals surface area contributed by atoms with Crippen molar-refractivity contribution in [3.63, 3.8) is 0 Å². The molecule has 0 spiro atoms. The summed E-state index contributed by atoms with van der Waals surface area (Å²) in [5.74, 6) is -0.879. The molecule has 11 heteroatoms. The molecule has 0 fully saturated rings. The monoisotopic (exact) mass is 483 g/mol. The average molecular weight is 484 g/mol. The Bertz CT molecular complexity index is 1400. The second-order valence-corrected chi connectivity index (χ2v) is 8.42. The Balaban J connectivity index is 1.83. The molecule has 1 amide bonds. The molecule has 0 aliphatic rings. The van der Waals surface area contributed by atoms with E-state index in [9.17, 15) is 28.6 Å². The summed E-state index contributed by atoms with van der Waals surface area (Å²) in [6.45, 7) is 0. The highest BCUT2D eigenvalue weighted by Gasteiger charge is 2.17. The quantitative estimate of drug-likeness (QED) is 0.171. The van der Waals surface area contributed by atoms with Crippen molar-refractivity contribution in [2.24, 2.45) is 0 Å². The highest BCUT2D eigenvalue weighted by atomic mass is 35.5. The van der Waals surface area contributed by atoms with Crippen LogP contribution in [0.2, 0.25) is 5.02 Å². The molecule has 0 saturated heterocycles. The summed E-state index contributed by atoms with van der Waals surface area (Å²) in [5, 5.41) is 22.7. The number of hydrogen-bond acceptors (Lipinski definition) is 7. The van der Waals surface area contributed by atoms with Crippen LogP contribution in [-0.2, 0) is 14.9 Å². The maximum Gasteiger partial charge on any atom is 0.339 e. The number of carbonyl (C=O) groups is 1. The summed E-state index contributed by atoms with van der Waals surface area (Å²) < 4.78 is 29.9. The summed E-state index contributed by atoms with van der Waals surface area (Å²) in [4.78, 5) is 22.8. The van der Waals surface area contributed by atoms with Crippen molar-refractivity contribution in [2.75, 3.05) is 5.32 Å². The molecular formula is C22H14ClN3O6S. The lowest BCUT2D eigenvalue weighted by Crippen LogP contribution is -2.14. The molecule has 3 aromatic carbocycles. The molecular weight excluding hydrogens is 470 g/mol. The zero-order valence-electron chi connectivity index (χ0n) is 16.6. The molecule has 33 heavy (non-hydrogen) atoms. The largest absolute Gasteiger partial charge is 0.379 e.